The molecular formula is C36H28. The van der Waals surface area contributed by atoms with Crippen LogP contribution in [-0.4, -0.2) is 0 Å². The standard InChI is InChI=1S/C36H28/c1-25-13-9-11-19-31(25)29-21-33(27-15-5-3-6-16-27)36-24-30(32-20-12-10-14-26(32)2)22-34(35(36)23-29)28-17-7-4-8-18-28/h3-24H,1-2H3. The zero-order valence-electron chi connectivity index (χ0n) is 20.7. The van der Waals surface area contributed by atoms with Crippen LogP contribution in [0.1, 0.15) is 11.1 Å². The molecule has 0 bridgehead atoms. The summed E-state index contributed by atoms with van der Waals surface area (Å²) in [5, 5.41) is 2.55. The Morgan fingerprint density at radius 1 is 0.306 bits per heavy atom. The Bertz CT molecular complexity index is 1550. The van der Waals surface area contributed by atoms with Crippen LogP contribution >= 0.6 is 0 Å². The van der Waals surface area contributed by atoms with Gasteiger partial charge in [-0.25, -0.2) is 0 Å². The van der Waals surface area contributed by atoms with Gasteiger partial charge in [0.2, 0.25) is 0 Å². The van der Waals surface area contributed by atoms with E-state index in [1.165, 1.54) is 66.4 Å². The van der Waals surface area contributed by atoms with Crippen molar-refractivity contribution >= 4 is 10.8 Å². The highest BCUT2D eigenvalue weighted by molar-refractivity contribution is 6.09. The lowest BCUT2D eigenvalue weighted by Gasteiger charge is -2.18. The second-order valence-corrected chi connectivity index (χ2v) is 9.50. The Hall–Kier alpha value is -4.42. The molecule has 0 amide bonds. The van der Waals surface area contributed by atoms with E-state index in [0.29, 0.717) is 0 Å². The van der Waals surface area contributed by atoms with Crippen molar-refractivity contribution in [2.75, 3.05) is 0 Å². The summed E-state index contributed by atoms with van der Waals surface area (Å²) in [6, 6.07) is 48.4. The third-order valence-corrected chi connectivity index (χ3v) is 7.15. The first-order chi connectivity index (χ1) is 17.7. The molecule has 0 N–H and O–H groups in total. The normalized spacial score (nSPS) is 11.1. The second-order valence-electron chi connectivity index (χ2n) is 9.50. The molecule has 0 saturated carbocycles. The lowest BCUT2D eigenvalue weighted by molar-refractivity contribution is 1.46. The molecule has 172 valence electrons. The van der Waals surface area contributed by atoms with Crippen molar-refractivity contribution in [3.05, 3.63) is 145 Å². The number of fused-ring (bicyclic) bond motifs is 1. The molecule has 0 saturated heterocycles. The van der Waals surface area contributed by atoms with Crippen molar-refractivity contribution in [3.8, 4) is 44.5 Å². The van der Waals surface area contributed by atoms with E-state index in [9.17, 15) is 0 Å². The Morgan fingerprint density at radius 3 is 1.06 bits per heavy atom. The molecule has 0 aliphatic heterocycles. The topological polar surface area (TPSA) is 0 Å². The maximum absolute atomic E-state index is 2.38. The van der Waals surface area contributed by atoms with Crippen LogP contribution in [0, 0.1) is 13.8 Å². The summed E-state index contributed by atoms with van der Waals surface area (Å²) in [5.41, 5.74) is 12.6. The molecule has 0 fully saturated rings. The molecule has 0 heteroatoms. The Morgan fingerprint density at radius 2 is 0.667 bits per heavy atom. The minimum absolute atomic E-state index is 1.24. The van der Waals surface area contributed by atoms with E-state index >= 15 is 0 Å². The maximum atomic E-state index is 2.38. The Labute approximate surface area is 213 Å². The van der Waals surface area contributed by atoms with Crippen molar-refractivity contribution in [2.45, 2.75) is 13.8 Å². The third-order valence-electron chi connectivity index (χ3n) is 7.15. The molecular weight excluding hydrogens is 432 g/mol. The molecule has 0 unspecified atom stereocenters. The summed E-state index contributed by atoms with van der Waals surface area (Å²) in [5.74, 6) is 0. The van der Waals surface area contributed by atoms with Gasteiger partial charge in [0.1, 0.15) is 0 Å². The minimum Gasteiger partial charge on any atom is -0.0622 e. The van der Waals surface area contributed by atoms with Crippen LogP contribution in [-0.2, 0) is 0 Å². The number of hydrogen-bond donors (Lipinski definition) is 0. The van der Waals surface area contributed by atoms with Crippen LogP contribution in [0.3, 0.4) is 0 Å². The van der Waals surface area contributed by atoms with E-state index in [1.54, 1.807) is 0 Å². The van der Waals surface area contributed by atoms with Gasteiger partial charge in [-0.05, 0) is 105 Å². The van der Waals surface area contributed by atoms with Gasteiger partial charge >= 0.3 is 0 Å². The van der Waals surface area contributed by atoms with Gasteiger partial charge in [-0.1, -0.05) is 109 Å². The summed E-state index contributed by atoms with van der Waals surface area (Å²) in [7, 11) is 0. The summed E-state index contributed by atoms with van der Waals surface area (Å²) >= 11 is 0. The van der Waals surface area contributed by atoms with Gasteiger partial charge in [-0.2, -0.15) is 0 Å². The molecule has 0 spiro atoms. The van der Waals surface area contributed by atoms with Crippen LogP contribution < -0.4 is 0 Å². The Kier molecular flexibility index (Phi) is 5.71. The van der Waals surface area contributed by atoms with Crippen molar-refractivity contribution < 1.29 is 0 Å². The maximum Gasteiger partial charge on any atom is -0.00926 e. The quantitative estimate of drug-likeness (QED) is 0.245. The van der Waals surface area contributed by atoms with Crippen LogP contribution in [0.15, 0.2) is 133 Å². The smallest absolute Gasteiger partial charge is 0.00926 e. The molecule has 6 rings (SSSR count). The minimum atomic E-state index is 1.24. The Balaban J connectivity index is 1.75. The highest BCUT2D eigenvalue weighted by Gasteiger charge is 2.15. The van der Waals surface area contributed by atoms with Gasteiger partial charge in [0.25, 0.3) is 0 Å². The molecule has 0 radical (unpaired) electrons. The van der Waals surface area contributed by atoms with Gasteiger partial charge in [0.05, 0.1) is 0 Å². The highest BCUT2D eigenvalue weighted by Crippen LogP contribution is 2.42. The van der Waals surface area contributed by atoms with Crippen LogP contribution in [0.25, 0.3) is 55.3 Å². The number of benzene rings is 6. The van der Waals surface area contributed by atoms with Crippen molar-refractivity contribution in [1.29, 1.82) is 0 Å². The molecule has 0 aliphatic rings. The van der Waals surface area contributed by atoms with Gasteiger partial charge in [-0.15, -0.1) is 0 Å². The molecule has 0 heterocycles. The molecule has 6 aromatic rings. The number of aryl methyl sites for hydroxylation is 2. The van der Waals surface area contributed by atoms with Gasteiger partial charge in [-0.3, -0.25) is 0 Å². The number of hydrogen-bond acceptors (Lipinski definition) is 0. The third kappa shape index (κ3) is 4.01. The van der Waals surface area contributed by atoms with Gasteiger partial charge in [0, 0.05) is 0 Å². The summed E-state index contributed by atoms with van der Waals surface area (Å²) in [6.45, 7) is 4.39. The summed E-state index contributed by atoms with van der Waals surface area (Å²) < 4.78 is 0. The van der Waals surface area contributed by atoms with Gasteiger partial charge in [0.15, 0.2) is 0 Å². The average molecular weight is 461 g/mol. The zero-order chi connectivity index (χ0) is 24.5. The monoisotopic (exact) mass is 460 g/mol. The summed E-state index contributed by atoms with van der Waals surface area (Å²) in [4.78, 5) is 0. The molecule has 36 heavy (non-hydrogen) atoms. The molecule has 6 aromatic carbocycles. The second kappa shape index (κ2) is 9.32. The SMILES string of the molecule is Cc1ccccc1-c1cc(-c2ccccc2)c2cc(-c3ccccc3C)cc(-c3ccccc3)c2c1. The molecule has 0 nitrogen and oxygen atoms in total. The fraction of sp³-hybridized carbons (Fsp3) is 0.0556. The van der Waals surface area contributed by atoms with Crippen molar-refractivity contribution in [3.63, 3.8) is 0 Å². The van der Waals surface area contributed by atoms with E-state index < -0.39 is 0 Å². The first kappa shape index (κ1) is 22.1. The van der Waals surface area contributed by atoms with E-state index in [4.69, 9.17) is 0 Å². The average Bonchev–Trinajstić information content (AvgIpc) is 2.93. The van der Waals surface area contributed by atoms with Crippen LogP contribution in [0.2, 0.25) is 0 Å². The van der Waals surface area contributed by atoms with Crippen LogP contribution in [0.4, 0.5) is 0 Å². The first-order valence-corrected chi connectivity index (χ1v) is 12.5. The van der Waals surface area contributed by atoms with E-state index in [1.807, 2.05) is 0 Å². The van der Waals surface area contributed by atoms with Gasteiger partial charge < -0.3 is 0 Å². The predicted octanol–water partition coefficient (Wildman–Crippen LogP) is 10.1. The first-order valence-electron chi connectivity index (χ1n) is 12.5. The van der Waals surface area contributed by atoms with Crippen LogP contribution in [0.5, 0.6) is 0 Å². The molecule has 0 aliphatic carbocycles. The molecule has 0 aromatic heterocycles. The highest BCUT2D eigenvalue weighted by atomic mass is 14.2. The summed E-state index contributed by atoms with van der Waals surface area (Å²) in [6.07, 6.45) is 0. The fourth-order valence-electron chi connectivity index (χ4n) is 5.28. The zero-order valence-corrected chi connectivity index (χ0v) is 20.7. The number of rotatable bonds is 4. The predicted molar refractivity (Wildman–Crippen MR) is 155 cm³/mol. The fourth-order valence-corrected chi connectivity index (χ4v) is 5.28. The molecule has 0 atom stereocenters. The lowest BCUT2D eigenvalue weighted by atomic mass is 9.86. The van der Waals surface area contributed by atoms with Crippen molar-refractivity contribution in [1.82, 2.24) is 0 Å². The van der Waals surface area contributed by atoms with E-state index in [2.05, 4.69) is 147 Å². The van der Waals surface area contributed by atoms with E-state index in [-0.39, 0.29) is 0 Å². The van der Waals surface area contributed by atoms with E-state index in [0.717, 1.165) is 0 Å². The van der Waals surface area contributed by atoms with Crippen molar-refractivity contribution in [2.24, 2.45) is 0 Å². The lowest BCUT2D eigenvalue weighted by Crippen LogP contribution is -1.92. The largest absolute Gasteiger partial charge is 0.0622 e.